The van der Waals surface area contributed by atoms with Crippen molar-refractivity contribution in [2.45, 2.75) is 52.5 Å². The van der Waals surface area contributed by atoms with Crippen molar-refractivity contribution >= 4 is 17.7 Å². The van der Waals surface area contributed by atoms with E-state index in [-0.39, 0.29) is 10.7 Å². The number of nitrogens with zero attached hydrogens (tertiary/aromatic N) is 2. The van der Waals surface area contributed by atoms with Gasteiger partial charge in [0.25, 0.3) is 0 Å². The van der Waals surface area contributed by atoms with E-state index >= 15 is 0 Å². The predicted octanol–water partition coefficient (Wildman–Crippen LogP) is 3.70. The molecular formula is C19H27N3OS. The standard InChI is InChI=1S/C19H27N3OS/c1-14-17(11-20-18(23)13-24-19(3,4)5)15(2)22(21-14)12-16-9-7-6-8-10-16/h6-10H,11-13H2,1-5H3,(H,20,23). The quantitative estimate of drug-likeness (QED) is 0.868. The average molecular weight is 346 g/mol. The van der Waals surface area contributed by atoms with E-state index in [0.717, 1.165) is 23.5 Å². The van der Waals surface area contributed by atoms with Crippen molar-refractivity contribution < 1.29 is 4.79 Å². The summed E-state index contributed by atoms with van der Waals surface area (Å²) < 4.78 is 2.11. The van der Waals surface area contributed by atoms with Crippen LogP contribution in [0.3, 0.4) is 0 Å². The second-order valence-corrected chi connectivity index (χ2v) is 8.77. The Morgan fingerprint density at radius 1 is 1.21 bits per heavy atom. The van der Waals surface area contributed by atoms with Crippen molar-refractivity contribution in [3.8, 4) is 0 Å². The largest absolute Gasteiger partial charge is 0.351 e. The number of benzene rings is 1. The zero-order valence-electron chi connectivity index (χ0n) is 15.2. The molecule has 5 heteroatoms. The highest BCUT2D eigenvalue weighted by atomic mass is 32.2. The molecule has 24 heavy (non-hydrogen) atoms. The van der Waals surface area contributed by atoms with Gasteiger partial charge in [-0.15, -0.1) is 11.8 Å². The first-order valence-corrected chi connectivity index (χ1v) is 9.22. The highest BCUT2D eigenvalue weighted by molar-refractivity contribution is 8.01. The van der Waals surface area contributed by atoms with Crippen LogP contribution in [0.1, 0.15) is 43.3 Å². The van der Waals surface area contributed by atoms with Crippen molar-refractivity contribution in [2.75, 3.05) is 5.75 Å². The molecule has 0 aliphatic rings. The fourth-order valence-corrected chi connectivity index (χ4v) is 3.09. The Bertz CT molecular complexity index is 687. The maximum absolute atomic E-state index is 12.0. The molecule has 2 rings (SSSR count). The van der Waals surface area contributed by atoms with E-state index in [1.165, 1.54) is 5.56 Å². The third-order valence-corrected chi connectivity index (χ3v) is 5.08. The minimum atomic E-state index is 0.0736. The number of aryl methyl sites for hydroxylation is 1. The molecule has 0 atom stereocenters. The molecule has 130 valence electrons. The Kier molecular flexibility index (Phi) is 6.10. The summed E-state index contributed by atoms with van der Waals surface area (Å²) in [5.74, 6) is 0.560. The van der Waals surface area contributed by atoms with Gasteiger partial charge in [0.2, 0.25) is 5.91 Å². The Morgan fingerprint density at radius 3 is 2.50 bits per heavy atom. The summed E-state index contributed by atoms with van der Waals surface area (Å²) in [5, 5.41) is 7.65. The molecule has 1 aromatic heterocycles. The molecule has 0 radical (unpaired) electrons. The summed E-state index contributed by atoms with van der Waals surface area (Å²) >= 11 is 1.66. The van der Waals surface area contributed by atoms with E-state index in [9.17, 15) is 4.79 Å². The van der Waals surface area contributed by atoms with Crippen LogP contribution >= 0.6 is 11.8 Å². The lowest BCUT2D eigenvalue weighted by Gasteiger charge is -2.17. The molecule has 0 aliphatic carbocycles. The van der Waals surface area contributed by atoms with Crippen LogP contribution in [-0.2, 0) is 17.9 Å². The average Bonchev–Trinajstić information content (AvgIpc) is 2.78. The van der Waals surface area contributed by atoms with Crippen LogP contribution < -0.4 is 5.32 Å². The number of nitrogens with one attached hydrogen (secondary N) is 1. The molecule has 1 N–H and O–H groups in total. The first-order valence-electron chi connectivity index (χ1n) is 8.24. The van der Waals surface area contributed by atoms with Crippen molar-refractivity contribution in [2.24, 2.45) is 0 Å². The summed E-state index contributed by atoms with van der Waals surface area (Å²) in [6, 6.07) is 10.3. The Balaban J connectivity index is 1.97. The third kappa shape index (κ3) is 5.41. The summed E-state index contributed by atoms with van der Waals surface area (Å²) in [5.41, 5.74) is 4.42. The molecule has 0 spiro atoms. The molecule has 0 fully saturated rings. The van der Waals surface area contributed by atoms with Gasteiger partial charge in [0.05, 0.1) is 18.0 Å². The van der Waals surface area contributed by atoms with E-state index in [2.05, 4.69) is 50.2 Å². The van der Waals surface area contributed by atoms with Crippen LogP contribution in [0.25, 0.3) is 0 Å². The van der Waals surface area contributed by atoms with Gasteiger partial charge in [0.15, 0.2) is 0 Å². The van der Waals surface area contributed by atoms with Crippen LogP contribution in [0.4, 0.5) is 0 Å². The lowest BCUT2D eigenvalue weighted by molar-refractivity contribution is -0.118. The van der Waals surface area contributed by atoms with Crippen LogP contribution in [0.5, 0.6) is 0 Å². The number of thioether (sulfide) groups is 1. The fourth-order valence-electron chi connectivity index (χ4n) is 2.42. The maximum Gasteiger partial charge on any atom is 0.230 e. The highest BCUT2D eigenvalue weighted by Gasteiger charge is 2.15. The van der Waals surface area contributed by atoms with E-state index in [4.69, 9.17) is 0 Å². The van der Waals surface area contributed by atoms with Gasteiger partial charge in [0.1, 0.15) is 0 Å². The number of amides is 1. The van der Waals surface area contributed by atoms with Gasteiger partial charge in [-0.25, -0.2) is 0 Å². The number of carbonyl (C=O) groups is 1. The number of hydrogen-bond acceptors (Lipinski definition) is 3. The minimum absolute atomic E-state index is 0.0736. The lowest BCUT2D eigenvalue weighted by Crippen LogP contribution is -2.27. The molecule has 0 bridgehead atoms. The fraction of sp³-hybridized carbons (Fsp3) is 0.474. The Hall–Kier alpha value is -1.75. The van der Waals surface area contributed by atoms with Crippen molar-refractivity contribution in [3.63, 3.8) is 0 Å². The van der Waals surface area contributed by atoms with Crippen LogP contribution in [-0.4, -0.2) is 26.2 Å². The molecule has 1 amide bonds. The normalized spacial score (nSPS) is 11.5. The van der Waals surface area contributed by atoms with E-state index < -0.39 is 0 Å². The molecular weight excluding hydrogens is 318 g/mol. The monoisotopic (exact) mass is 345 g/mol. The van der Waals surface area contributed by atoms with Gasteiger partial charge in [-0.2, -0.15) is 5.10 Å². The molecule has 2 aromatic rings. The van der Waals surface area contributed by atoms with E-state index in [0.29, 0.717) is 12.3 Å². The van der Waals surface area contributed by atoms with Gasteiger partial charge in [-0.05, 0) is 19.4 Å². The van der Waals surface area contributed by atoms with Crippen LogP contribution in [0, 0.1) is 13.8 Å². The molecule has 0 saturated heterocycles. The first kappa shape index (κ1) is 18.6. The number of rotatable bonds is 6. The number of carbonyl (C=O) groups excluding carboxylic acids is 1. The SMILES string of the molecule is Cc1nn(Cc2ccccc2)c(C)c1CNC(=O)CSC(C)(C)C. The summed E-state index contributed by atoms with van der Waals surface area (Å²) in [6.07, 6.45) is 0. The molecule has 0 saturated carbocycles. The number of hydrogen-bond donors (Lipinski definition) is 1. The lowest BCUT2D eigenvalue weighted by atomic mass is 10.2. The van der Waals surface area contributed by atoms with Gasteiger partial charge in [-0.3, -0.25) is 9.48 Å². The predicted molar refractivity (Wildman–Crippen MR) is 101 cm³/mol. The maximum atomic E-state index is 12.0. The zero-order valence-corrected chi connectivity index (χ0v) is 16.0. The smallest absolute Gasteiger partial charge is 0.230 e. The van der Waals surface area contributed by atoms with Crippen molar-refractivity contribution in [1.82, 2.24) is 15.1 Å². The first-order chi connectivity index (χ1) is 11.3. The van der Waals surface area contributed by atoms with Crippen LogP contribution in [0.15, 0.2) is 30.3 Å². The van der Waals surface area contributed by atoms with Crippen LogP contribution in [0.2, 0.25) is 0 Å². The topological polar surface area (TPSA) is 46.9 Å². The second-order valence-electron chi connectivity index (χ2n) is 6.97. The number of aromatic nitrogens is 2. The van der Waals surface area contributed by atoms with Crippen molar-refractivity contribution in [1.29, 1.82) is 0 Å². The molecule has 1 heterocycles. The van der Waals surface area contributed by atoms with E-state index in [1.807, 2.05) is 29.8 Å². The third-order valence-electron chi connectivity index (χ3n) is 3.81. The Morgan fingerprint density at radius 2 is 1.88 bits per heavy atom. The molecule has 1 aromatic carbocycles. The van der Waals surface area contributed by atoms with Gasteiger partial charge >= 0.3 is 0 Å². The molecule has 0 aliphatic heterocycles. The summed E-state index contributed by atoms with van der Waals surface area (Å²) in [6.45, 7) is 11.7. The summed E-state index contributed by atoms with van der Waals surface area (Å²) in [7, 11) is 0. The molecule has 0 unspecified atom stereocenters. The highest BCUT2D eigenvalue weighted by Crippen LogP contribution is 2.22. The van der Waals surface area contributed by atoms with Gasteiger partial charge in [-0.1, -0.05) is 51.1 Å². The Labute approximate surface area is 149 Å². The summed E-state index contributed by atoms with van der Waals surface area (Å²) in [4.78, 5) is 12.0. The molecule has 4 nitrogen and oxygen atoms in total. The second kappa shape index (κ2) is 7.88. The van der Waals surface area contributed by atoms with E-state index in [1.54, 1.807) is 11.8 Å². The van der Waals surface area contributed by atoms with Gasteiger partial charge < -0.3 is 5.32 Å². The van der Waals surface area contributed by atoms with Gasteiger partial charge in [0, 0.05) is 22.5 Å². The zero-order chi connectivity index (χ0) is 17.7. The minimum Gasteiger partial charge on any atom is -0.351 e. The van der Waals surface area contributed by atoms with Crippen molar-refractivity contribution in [3.05, 3.63) is 52.8 Å².